The van der Waals surface area contributed by atoms with Crippen molar-refractivity contribution in [2.24, 2.45) is 0 Å². The molecule has 7 heteroatoms. The van der Waals surface area contributed by atoms with Crippen LogP contribution in [-0.4, -0.2) is 44.0 Å². The van der Waals surface area contributed by atoms with E-state index in [-0.39, 0.29) is 16.6 Å². The molecule has 0 aromatic carbocycles. The van der Waals surface area contributed by atoms with Gasteiger partial charge in [0, 0.05) is 6.92 Å². The largest absolute Gasteiger partial charge is 0.481 e. The van der Waals surface area contributed by atoms with Gasteiger partial charge in [-0.1, -0.05) is 58.5 Å². The molecule has 0 saturated heterocycles. The first-order valence-electron chi connectivity index (χ1n) is 6.63. The van der Waals surface area contributed by atoms with Crippen molar-refractivity contribution in [3.05, 3.63) is 0 Å². The first-order valence-corrected chi connectivity index (χ1v) is 8.46. The number of carboxylic acids is 1. The molecule has 0 aromatic heterocycles. The average molecular weight is 424 g/mol. The van der Waals surface area contributed by atoms with Crippen LogP contribution in [0.3, 0.4) is 0 Å². The summed E-state index contributed by atoms with van der Waals surface area (Å²) in [4.78, 5) is 9.00. The van der Waals surface area contributed by atoms with Crippen LogP contribution >= 0.6 is 31.9 Å². The van der Waals surface area contributed by atoms with E-state index in [1.165, 1.54) is 6.92 Å². The van der Waals surface area contributed by atoms with Crippen molar-refractivity contribution in [1.29, 1.82) is 0 Å². The summed E-state index contributed by atoms with van der Waals surface area (Å²) in [5.74, 6) is -0.833. The number of hydrogen-bond acceptors (Lipinski definition) is 4. The Morgan fingerprint density at radius 2 is 1.40 bits per heavy atom. The third-order valence-corrected chi connectivity index (χ3v) is 2.94. The standard InChI is InChI=1S/C8H16Br2O.C3H8O2.C2H4O2/c1-3-5-7(9)11-8(10)6-4-2;1-3(5)2-4;1-2(3)4/h7-8H,3-6H2,1-2H3;3-5H,2H2,1H3;1H3,(H,3,4). The maximum Gasteiger partial charge on any atom is 0.300 e. The van der Waals surface area contributed by atoms with E-state index in [0.29, 0.717) is 0 Å². The van der Waals surface area contributed by atoms with Crippen molar-refractivity contribution in [1.82, 2.24) is 0 Å². The molecule has 0 aromatic rings. The van der Waals surface area contributed by atoms with Gasteiger partial charge in [0.1, 0.15) is 10.0 Å². The average Bonchev–Trinajstić information content (AvgIpc) is 2.29. The summed E-state index contributed by atoms with van der Waals surface area (Å²) in [6.45, 7) is 6.78. The van der Waals surface area contributed by atoms with Crippen LogP contribution in [0.15, 0.2) is 0 Å². The number of rotatable bonds is 7. The second-order valence-electron chi connectivity index (χ2n) is 4.08. The summed E-state index contributed by atoms with van der Waals surface area (Å²) >= 11 is 6.91. The molecular formula is C13H28Br2O5. The molecule has 20 heavy (non-hydrogen) atoms. The third kappa shape index (κ3) is 36.2. The molecule has 0 bridgehead atoms. The van der Waals surface area contributed by atoms with Crippen LogP contribution in [0.4, 0.5) is 0 Å². The van der Waals surface area contributed by atoms with E-state index >= 15 is 0 Å². The number of carboxylic acid groups (broad SMARTS) is 1. The Hall–Kier alpha value is 0.310. The number of ether oxygens (including phenoxy) is 1. The SMILES string of the molecule is CC(=O)O.CC(O)CO.CCCC(Br)OC(Br)CCC. The van der Waals surface area contributed by atoms with E-state index in [4.69, 9.17) is 24.9 Å². The van der Waals surface area contributed by atoms with Gasteiger partial charge in [-0.3, -0.25) is 4.79 Å². The highest BCUT2D eigenvalue weighted by atomic mass is 79.9. The second kappa shape index (κ2) is 19.3. The van der Waals surface area contributed by atoms with Gasteiger partial charge in [0.05, 0.1) is 12.7 Å². The normalized spacial score (nSPS) is 14.0. The minimum atomic E-state index is -0.833. The fourth-order valence-electron chi connectivity index (χ4n) is 0.750. The molecule has 0 amide bonds. The monoisotopic (exact) mass is 422 g/mol. The smallest absolute Gasteiger partial charge is 0.300 e. The van der Waals surface area contributed by atoms with Crippen LogP contribution < -0.4 is 0 Å². The van der Waals surface area contributed by atoms with Gasteiger partial charge >= 0.3 is 0 Å². The Kier molecular flexibility index (Phi) is 24.4. The van der Waals surface area contributed by atoms with Crippen LogP contribution in [0.2, 0.25) is 0 Å². The summed E-state index contributed by atoms with van der Waals surface area (Å²) < 4.78 is 5.56. The van der Waals surface area contributed by atoms with Gasteiger partial charge in [0.2, 0.25) is 0 Å². The molecule has 0 radical (unpaired) electrons. The van der Waals surface area contributed by atoms with Crippen molar-refractivity contribution >= 4 is 37.8 Å². The van der Waals surface area contributed by atoms with E-state index < -0.39 is 12.1 Å². The summed E-state index contributed by atoms with van der Waals surface area (Å²) in [5.41, 5.74) is 0. The molecule has 0 aliphatic carbocycles. The molecule has 0 aliphatic rings. The van der Waals surface area contributed by atoms with E-state index in [0.717, 1.165) is 32.6 Å². The number of carbonyl (C=O) groups is 1. The van der Waals surface area contributed by atoms with Crippen molar-refractivity contribution in [3.8, 4) is 0 Å². The van der Waals surface area contributed by atoms with Crippen LogP contribution in [0, 0.1) is 0 Å². The highest BCUT2D eigenvalue weighted by Crippen LogP contribution is 2.18. The fraction of sp³-hybridized carbons (Fsp3) is 0.923. The molecular weight excluding hydrogens is 396 g/mol. The molecule has 3 unspecified atom stereocenters. The topological polar surface area (TPSA) is 87.0 Å². The first-order chi connectivity index (χ1) is 9.20. The van der Waals surface area contributed by atoms with E-state index in [1.54, 1.807) is 0 Å². The van der Waals surface area contributed by atoms with Crippen molar-refractivity contribution in [3.63, 3.8) is 0 Å². The summed E-state index contributed by atoms with van der Waals surface area (Å²) in [5, 5.41) is 23.8. The Morgan fingerprint density at radius 3 is 1.55 bits per heavy atom. The van der Waals surface area contributed by atoms with Gasteiger partial charge in [-0.15, -0.1) is 0 Å². The van der Waals surface area contributed by atoms with Crippen molar-refractivity contribution in [2.45, 2.75) is 69.5 Å². The van der Waals surface area contributed by atoms with Crippen molar-refractivity contribution < 1.29 is 24.9 Å². The maximum absolute atomic E-state index is 9.00. The number of aliphatic hydroxyl groups is 2. The summed E-state index contributed by atoms with van der Waals surface area (Å²) in [7, 11) is 0. The lowest BCUT2D eigenvalue weighted by atomic mass is 10.3. The highest BCUT2D eigenvalue weighted by Gasteiger charge is 2.08. The van der Waals surface area contributed by atoms with Crippen LogP contribution in [0.5, 0.6) is 0 Å². The zero-order valence-electron chi connectivity index (χ0n) is 12.7. The Labute approximate surface area is 139 Å². The molecule has 0 aliphatic heterocycles. The number of aliphatic hydroxyl groups excluding tert-OH is 2. The number of halogens is 2. The fourth-order valence-corrected chi connectivity index (χ4v) is 2.48. The van der Waals surface area contributed by atoms with Gasteiger partial charge in [-0.05, 0) is 19.8 Å². The Balaban J connectivity index is -0.000000266. The molecule has 124 valence electrons. The zero-order chi connectivity index (χ0) is 16.6. The molecule has 0 saturated carbocycles. The predicted octanol–water partition coefficient (Wildman–Crippen LogP) is 3.50. The number of alkyl halides is 2. The number of aliphatic carboxylic acids is 1. The quantitative estimate of drug-likeness (QED) is 0.545. The van der Waals surface area contributed by atoms with E-state index in [1.807, 2.05) is 0 Å². The lowest BCUT2D eigenvalue weighted by Crippen LogP contribution is -2.11. The van der Waals surface area contributed by atoms with Gasteiger partial charge < -0.3 is 20.1 Å². The highest BCUT2D eigenvalue weighted by molar-refractivity contribution is 9.10. The van der Waals surface area contributed by atoms with Gasteiger partial charge in [-0.25, -0.2) is 0 Å². The Morgan fingerprint density at radius 1 is 1.15 bits per heavy atom. The summed E-state index contributed by atoms with van der Waals surface area (Å²) in [6, 6.07) is 0. The lowest BCUT2D eigenvalue weighted by molar-refractivity contribution is -0.134. The predicted molar refractivity (Wildman–Crippen MR) is 88.4 cm³/mol. The van der Waals surface area contributed by atoms with Crippen molar-refractivity contribution in [2.75, 3.05) is 6.61 Å². The van der Waals surface area contributed by atoms with Gasteiger partial charge in [0.25, 0.3) is 5.97 Å². The van der Waals surface area contributed by atoms with E-state index in [2.05, 4.69) is 45.7 Å². The van der Waals surface area contributed by atoms with Gasteiger partial charge in [-0.2, -0.15) is 0 Å². The van der Waals surface area contributed by atoms with Crippen LogP contribution in [0.25, 0.3) is 0 Å². The van der Waals surface area contributed by atoms with Gasteiger partial charge in [0.15, 0.2) is 0 Å². The summed E-state index contributed by atoms with van der Waals surface area (Å²) in [6.07, 6.45) is 3.90. The minimum Gasteiger partial charge on any atom is -0.481 e. The zero-order valence-corrected chi connectivity index (χ0v) is 15.9. The minimum absolute atomic E-state index is 0.139. The molecule has 0 spiro atoms. The third-order valence-electron chi connectivity index (χ3n) is 1.59. The molecule has 0 fully saturated rings. The lowest BCUT2D eigenvalue weighted by Gasteiger charge is -2.14. The first kappa shape index (κ1) is 25.3. The van der Waals surface area contributed by atoms with Crippen LogP contribution in [0.1, 0.15) is 53.4 Å². The molecule has 5 nitrogen and oxygen atoms in total. The maximum atomic E-state index is 9.00. The van der Waals surface area contributed by atoms with E-state index in [9.17, 15) is 0 Å². The second-order valence-corrected chi connectivity index (χ2v) is 6.13. The number of hydrogen-bond donors (Lipinski definition) is 3. The van der Waals surface area contributed by atoms with Crippen LogP contribution in [-0.2, 0) is 9.53 Å². The molecule has 3 N–H and O–H groups in total. The molecule has 0 heterocycles. The molecule has 0 rings (SSSR count). The Bertz CT molecular complexity index is 189. The molecule has 3 atom stereocenters.